The molecule has 1 fully saturated rings. The van der Waals surface area contributed by atoms with Crippen molar-refractivity contribution < 1.29 is 4.79 Å². The Balaban J connectivity index is 1.85. The van der Waals surface area contributed by atoms with Crippen LogP contribution in [0.15, 0.2) is 24.3 Å². The third-order valence-electron chi connectivity index (χ3n) is 3.87. The van der Waals surface area contributed by atoms with E-state index in [0.29, 0.717) is 24.4 Å². The predicted octanol–water partition coefficient (Wildman–Crippen LogP) is 2.22. The topological polar surface area (TPSA) is 67.1 Å². The number of hydrogen-bond donors (Lipinski definition) is 3. The fraction of sp³-hybridized carbons (Fsp3) is 0.562. The van der Waals surface area contributed by atoms with Crippen LogP contribution in [0.5, 0.6) is 0 Å². The maximum atomic E-state index is 11.9. The van der Waals surface area contributed by atoms with Crippen LogP contribution in [0.3, 0.4) is 0 Å². The van der Waals surface area contributed by atoms with Crippen LogP contribution in [0.1, 0.15) is 37.0 Å². The SMILES string of the molecule is CC(C)C(CN)CNc1ccc(C(=O)NC2CC2)cc1. The van der Waals surface area contributed by atoms with Crippen LogP contribution in [0.25, 0.3) is 0 Å². The highest BCUT2D eigenvalue weighted by molar-refractivity contribution is 5.94. The molecule has 0 radical (unpaired) electrons. The van der Waals surface area contributed by atoms with E-state index in [4.69, 9.17) is 5.73 Å². The zero-order valence-corrected chi connectivity index (χ0v) is 12.4. The van der Waals surface area contributed by atoms with Crippen molar-refractivity contribution in [1.82, 2.24) is 5.32 Å². The summed E-state index contributed by atoms with van der Waals surface area (Å²) in [5.41, 5.74) is 7.52. The second-order valence-corrected chi connectivity index (χ2v) is 5.95. The van der Waals surface area contributed by atoms with E-state index in [2.05, 4.69) is 24.5 Å². The van der Waals surface area contributed by atoms with E-state index in [9.17, 15) is 4.79 Å². The number of carbonyl (C=O) groups excluding carboxylic acids is 1. The maximum absolute atomic E-state index is 11.9. The Kier molecular flexibility index (Phi) is 5.01. The zero-order valence-electron chi connectivity index (χ0n) is 12.4. The van der Waals surface area contributed by atoms with Crippen LogP contribution < -0.4 is 16.4 Å². The molecule has 0 aromatic heterocycles. The molecule has 4 N–H and O–H groups in total. The van der Waals surface area contributed by atoms with Gasteiger partial charge in [0.25, 0.3) is 5.91 Å². The van der Waals surface area contributed by atoms with Gasteiger partial charge in [0, 0.05) is 23.8 Å². The van der Waals surface area contributed by atoms with Crippen molar-refractivity contribution >= 4 is 11.6 Å². The van der Waals surface area contributed by atoms with E-state index >= 15 is 0 Å². The van der Waals surface area contributed by atoms with Crippen LogP contribution in [0.4, 0.5) is 5.69 Å². The van der Waals surface area contributed by atoms with Gasteiger partial charge in [-0.1, -0.05) is 13.8 Å². The number of carbonyl (C=O) groups is 1. The molecule has 2 rings (SSSR count). The van der Waals surface area contributed by atoms with Crippen molar-refractivity contribution in [3.05, 3.63) is 29.8 Å². The minimum absolute atomic E-state index is 0.0288. The number of rotatable bonds is 7. The first-order chi connectivity index (χ1) is 9.60. The molecule has 1 aromatic carbocycles. The van der Waals surface area contributed by atoms with Gasteiger partial charge in [-0.2, -0.15) is 0 Å². The Hall–Kier alpha value is -1.55. The monoisotopic (exact) mass is 275 g/mol. The lowest BCUT2D eigenvalue weighted by Gasteiger charge is -2.20. The number of anilines is 1. The summed E-state index contributed by atoms with van der Waals surface area (Å²) in [5.74, 6) is 1.06. The number of nitrogens with two attached hydrogens (primary N) is 1. The van der Waals surface area contributed by atoms with Gasteiger partial charge < -0.3 is 16.4 Å². The number of amides is 1. The normalized spacial score (nSPS) is 16.0. The minimum atomic E-state index is 0.0288. The molecule has 0 saturated heterocycles. The molecule has 0 bridgehead atoms. The average Bonchev–Trinajstić information content (AvgIpc) is 3.23. The summed E-state index contributed by atoms with van der Waals surface area (Å²) in [5, 5.41) is 6.37. The highest BCUT2D eigenvalue weighted by atomic mass is 16.1. The third-order valence-corrected chi connectivity index (χ3v) is 3.87. The third kappa shape index (κ3) is 4.23. The van der Waals surface area contributed by atoms with Gasteiger partial charge in [-0.3, -0.25) is 4.79 Å². The van der Waals surface area contributed by atoms with Gasteiger partial charge in [0.1, 0.15) is 0 Å². The smallest absolute Gasteiger partial charge is 0.251 e. The first-order valence-corrected chi connectivity index (χ1v) is 7.45. The van der Waals surface area contributed by atoms with E-state index in [1.54, 1.807) is 0 Å². The molecule has 4 nitrogen and oxygen atoms in total. The summed E-state index contributed by atoms with van der Waals surface area (Å²) in [6, 6.07) is 8.04. The van der Waals surface area contributed by atoms with E-state index < -0.39 is 0 Å². The Morgan fingerprint density at radius 2 is 1.95 bits per heavy atom. The lowest BCUT2D eigenvalue weighted by Crippen LogP contribution is -2.27. The van der Waals surface area contributed by atoms with E-state index in [0.717, 1.165) is 30.6 Å². The molecule has 0 aliphatic heterocycles. The van der Waals surface area contributed by atoms with E-state index in [1.807, 2.05) is 24.3 Å². The van der Waals surface area contributed by atoms with Gasteiger partial charge in [-0.15, -0.1) is 0 Å². The fourth-order valence-corrected chi connectivity index (χ4v) is 2.08. The summed E-state index contributed by atoms with van der Waals surface area (Å²) in [6.07, 6.45) is 2.22. The van der Waals surface area contributed by atoms with Gasteiger partial charge in [0.15, 0.2) is 0 Å². The van der Waals surface area contributed by atoms with Gasteiger partial charge in [-0.05, 0) is 55.5 Å². The Bertz CT molecular complexity index is 438. The van der Waals surface area contributed by atoms with Crippen molar-refractivity contribution in [3.8, 4) is 0 Å². The van der Waals surface area contributed by atoms with Gasteiger partial charge in [-0.25, -0.2) is 0 Å². The molecule has 4 heteroatoms. The van der Waals surface area contributed by atoms with Crippen LogP contribution in [0.2, 0.25) is 0 Å². The second-order valence-electron chi connectivity index (χ2n) is 5.95. The summed E-state index contributed by atoms with van der Waals surface area (Å²) in [7, 11) is 0. The van der Waals surface area contributed by atoms with Gasteiger partial charge in [0.2, 0.25) is 0 Å². The maximum Gasteiger partial charge on any atom is 0.251 e. The number of hydrogen-bond acceptors (Lipinski definition) is 3. The molecule has 1 aliphatic rings. The average molecular weight is 275 g/mol. The highest BCUT2D eigenvalue weighted by Gasteiger charge is 2.23. The number of benzene rings is 1. The highest BCUT2D eigenvalue weighted by Crippen LogP contribution is 2.20. The standard InChI is InChI=1S/C16H25N3O/c1-11(2)13(9-17)10-18-14-5-3-12(4-6-14)16(20)19-15-7-8-15/h3-6,11,13,15,18H,7-10,17H2,1-2H3,(H,19,20). The molecular formula is C16H25N3O. The van der Waals surface area contributed by atoms with Crippen LogP contribution >= 0.6 is 0 Å². The van der Waals surface area contributed by atoms with Gasteiger partial charge >= 0.3 is 0 Å². The second kappa shape index (κ2) is 6.75. The Labute approximate surface area is 121 Å². The van der Waals surface area contributed by atoms with E-state index in [1.165, 1.54) is 0 Å². The van der Waals surface area contributed by atoms with Gasteiger partial charge in [0.05, 0.1) is 0 Å². The fourth-order valence-electron chi connectivity index (χ4n) is 2.08. The molecule has 1 unspecified atom stereocenters. The van der Waals surface area contributed by atoms with E-state index in [-0.39, 0.29) is 5.91 Å². The molecule has 1 amide bonds. The van der Waals surface area contributed by atoms with Crippen LogP contribution in [-0.2, 0) is 0 Å². The molecule has 110 valence electrons. The molecule has 1 aliphatic carbocycles. The lowest BCUT2D eigenvalue weighted by atomic mass is 9.96. The first kappa shape index (κ1) is 14.9. The summed E-state index contributed by atoms with van der Waals surface area (Å²) >= 11 is 0. The van der Waals surface area contributed by atoms with Crippen molar-refractivity contribution in [3.63, 3.8) is 0 Å². The summed E-state index contributed by atoms with van der Waals surface area (Å²) in [4.78, 5) is 11.9. The molecule has 0 heterocycles. The van der Waals surface area contributed by atoms with Crippen LogP contribution in [-0.4, -0.2) is 25.0 Å². The van der Waals surface area contributed by atoms with Crippen molar-refractivity contribution in [1.29, 1.82) is 0 Å². The Morgan fingerprint density at radius 1 is 1.30 bits per heavy atom. The molecule has 1 aromatic rings. The quantitative estimate of drug-likeness (QED) is 0.715. The van der Waals surface area contributed by atoms with Crippen LogP contribution in [0, 0.1) is 11.8 Å². The molecule has 0 spiro atoms. The summed E-state index contributed by atoms with van der Waals surface area (Å²) < 4.78 is 0. The number of nitrogens with one attached hydrogen (secondary N) is 2. The lowest BCUT2D eigenvalue weighted by molar-refractivity contribution is 0.0951. The molecular weight excluding hydrogens is 250 g/mol. The summed E-state index contributed by atoms with van der Waals surface area (Å²) in [6.45, 7) is 5.92. The molecule has 20 heavy (non-hydrogen) atoms. The predicted molar refractivity (Wildman–Crippen MR) is 82.8 cm³/mol. The van der Waals surface area contributed by atoms with Crippen molar-refractivity contribution in [2.75, 3.05) is 18.4 Å². The minimum Gasteiger partial charge on any atom is -0.385 e. The zero-order chi connectivity index (χ0) is 14.5. The molecule has 1 atom stereocenters. The largest absolute Gasteiger partial charge is 0.385 e. The first-order valence-electron chi connectivity index (χ1n) is 7.45. The van der Waals surface area contributed by atoms with Crippen molar-refractivity contribution in [2.24, 2.45) is 17.6 Å². The van der Waals surface area contributed by atoms with Crippen molar-refractivity contribution in [2.45, 2.75) is 32.7 Å². The Morgan fingerprint density at radius 3 is 2.45 bits per heavy atom. The molecule has 1 saturated carbocycles.